The lowest BCUT2D eigenvalue weighted by molar-refractivity contribution is 1.52. The number of benzene rings is 10. The quantitative estimate of drug-likeness (QED) is 0.126. The SMILES string of the molecule is Cc1ccc2ccccc2c1B(c1cccc(-c2c3ccccc3c(-c3ccc4ccccc4c3)c3ccccc23)c1)c1c(C)ccc2ccccc12. The molecule has 0 radical (unpaired) electrons. The second kappa shape index (κ2) is 12.7. The molecule has 0 amide bonds. The van der Waals surface area contributed by atoms with Crippen molar-refractivity contribution in [1.29, 1.82) is 0 Å². The molecule has 0 unspecified atom stereocenters. The van der Waals surface area contributed by atoms with Gasteiger partial charge in [-0.2, -0.15) is 0 Å². The minimum absolute atomic E-state index is 0.0292. The van der Waals surface area contributed by atoms with Gasteiger partial charge in [0, 0.05) is 0 Å². The van der Waals surface area contributed by atoms with Crippen LogP contribution in [0.5, 0.6) is 0 Å². The molecule has 0 N–H and O–H groups in total. The van der Waals surface area contributed by atoms with Gasteiger partial charge in [0.2, 0.25) is 6.71 Å². The van der Waals surface area contributed by atoms with Crippen LogP contribution in [0, 0.1) is 13.8 Å². The predicted octanol–water partition coefficient (Wildman–Crippen LogP) is 11.9. The van der Waals surface area contributed by atoms with E-state index in [4.69, 9.17) is 0 Å². The van der Waals surface area contributed by atoms with Gasteiger partial charge in [0.25, 0.3) is 0 Å². The Labute approximate surface area is 311 Å². The maximum Gasteiger partial charge on any atom is 0.243 e. The number of fused-ring (bicyclic) bond motifs is 5. The highest BCUT2D eigenvalue weighted by atomic mass is 14.2. The molecule has 0 aliphatic heterocycles. The molecular weight excluding hydrogens is 635 g/mol. The summed E-state index contributed by atoms with van der Waals surface area (Å²) in [4.78, 5) is 0. The van der Waals surface area contributed by atoms with Gasteiger partial charge >= 0.3 is 0 Å². The minimum Gasteiger partial charge on any atom is -0.0680 e. The van der Waals surface area contributed by atoms with Crippen LogP contribution in [-0.4, -0.2) is 6.71 Å². The zero-order valence-electron chi connectivity index (χ0n) is 30.0. The van der Waals surface area contributed by atoms with E-state index in [0.29, 0.717) is 0 Å². The molecule has 10 rings (SSSR count). The van der Waals surface area contributed by atoms with Crippen LogP contribution in [0.15, 0.2) is 188 Å². The van der Waals surface area contributed by atoms with E-state index in [-0.39, 0.29) is 6.71 Å². The van der Waals surface area contributed by atoms with Crippen LogP contribution in [0.3, 0.4) is 0 Å². The van der Waals surface area contributed by atoms with Crippen molar-refractivity contribution in [2.24, 2.45) is 0 Å². The Hall–Kier alpha value is -6.44. The lowest BCUT2D eigenvalue weighted by atomic mass is 9.34. The van der Waals surface area contributed by atoms with Crippen molar-refractivity contribution in [1.82, 2.24) is 0 Å². The standard InChI is InChI=1S/C52H37B/c1-34-26-28-37-15-5-7-20-43(37)51(34)53(52-35(2)27-29-38-16-6-8-21-44(38)52)42-19-13-18-40(33-42)49-45-22-9-11-24-47(45)50(48-25-12-10-23-46(48)49)41-31-30-36-14-3-4-17-39(36)32-41/h3-33H,1-2H3. The van der Waals surface area contributed by atoms with Crippen LogP contribution in [0.4, 0.5) is 0 Å². The monoisotopic (exact) mass is 672 g/mol. The summed E-state index contributed by atoms with van der Waals surface area (Å²) in [5.74, 6) is 0. The summed E-state index contributed by atoms with van der Waals surface area (Å²) in [7, 11) is 0. The Morgan fingerprint density at radius 2 is 0.717 bits per heavy atom. The van der Waals surface area contributed by atoms with Crippen LogP contribution in [0.25, 0.3) is 76.1 Å². The molecule has 0 fully saturated rings. The van der Waals surface area contributed by atoms with Gasteiger partial charge in [0.1, 0.15) is 0 Å². The molecule has 0 saturated carbocycles. The first-order chi connectivity index (χ1) is 26.1. The summed E-state index contributed by atoms with van der Waals surface area (Å²) in [5.41, 5.74) is 11.7. The molecule has 0 aromatic heterocycles. The van der Waals surface area contributed by atoms with Gasteiger partial charge < -0.3 is 0 Å². The maximum absolute atomic E-state index is 2.48. The van der Waals surface area contributed by atoms with Crippen LogP contribution in [0.2, 0.25) is 0 Å². The molecule has 0 spiro atoms. The molecule has 10 aromatic carbocycles. The van der Waals surface area contributed by atoms with E-state index in [1.54, 1.807) is 0 Å². The van der Waals surface area contributed by atoms with E-state index in [9.17, 15) is 0 Å². The number of hydrogen-bond donors (Lipinski definition) is 0. The van der Waals surface area contributed by atoms with Gasteiger partial charge in [-0.1, -0.05) is 210 Å². The van der Waals surface area contributed by atoms with Crippen molar-refractivity contribution in [3.8, 4) is 22.3 Å². The molecule has 0 bridgehead atoms. The normalized spacial score (nSPS) is 11.6. The largest absolute Gasteiger partial charge is 0.243 e. The van der Waals surface area contributed by atoms with Gasteiger partial charge in [0.05, 0.1) is 0 Å². The Balaban J connectivity index is 1.27. The van der Waals surface area contributed by atoms with Crippen molar-refractivity contribution < 1.29 is 0 Å². The third kappa shape index (κ3) is 5.15. The Morgan fingerprint density at radius 3 is 1.25 bits per heavy atom. The van der Waals surface area contributed by atoms with Gasteiger partial charge in [-0.15, -0.1) is 0 Å². The van der Waals surface area contributed by atoms with E-state index in [1.165, 1.54) is 104 Å². The molecule has 53 heavy (non-hydrogen) atoms. The lowest BCUT2D eigenvalue weighted by Crippen LogP contribution is -2.54. The molecule has 10 aromatic rings. The molecule has 1 heteroatoms. The highest BCUT2D eigenvalue weighted by molar-refractivity contribution is 6.98. The predicted molar refractivity (Wildman–Crippen MR) is 232 cm³/mol. The molecule has 0 aliphatic rings. The summed E-state index contributed by atoms with van der Waals surface area (Å²) in [6.45, 7) is 4.60. The first-order valence-electron chi connectivity index (χ1n) is 18.6. The summed E-state index contributed by atoms with van der Waals surface area (Å²) in [6, 6.07) is 69.9. The van der Waals surface area contributed by atoms with Gasteiger partial charge in [-0.25, -0.2) is 0 Å². The Kier molecular flexibility index (Phi) is 7.48. The fraction of sp³-hybridized carbons (Fsp3) is 0.0385. The Morgan fingerprint density at radius 1 is 0.302 bits per heavy atom. The lowest BCUT2D eigenvalue weighted by Gasteiger charge is -2.24. The molecule has 0 aliphatic carbocycles. The molecule has 0 atom stereocenters. The van der Waals surface area contributed by atoms with E-state index < -0.39 is 0 Å². The van der Waals surface area contributed by atoms with Gasteiger partial charge in [-0.05, 0) is 96.0 Å². The van der Waals surface area contributed by atoms with Crippen LogP contribution >= 0.6 is 0 Å². The van der Waals surface area contributed by atoms with Crippen molar-refractivity contribution in [2.75, 3.05) is 0 Å². The summed E-state index contributed by atoms with van der Waals surface area (Å²) in [6.07, 6.45) is 0. The average Bonchev–Trinajstić information content (AvgIpc) is 3.21. The second-order valence-corrected chi connectivity index (χ2v) is 14.5. The fourth-order valence-electron chi connectivity index (χ4n) is 9.02. The van der Waals surface area contributed by atoms with E-state index >= 15 is 0 Å². The second-order valence-electron chi connectivity index (χ2n) is 14.5. The van der Waals surface area contributed by atoms with E-state index in [1.807, 2.05) is 0 Å². The number of aryl methyl sites for hydroxylation is 2. The number of hydrogen-bond acceptors (Lipinski definition) is 0. The van der Waals surface area contributed by atoms with Crippen molar-refractivity contribution >= 4 is 77.0 Å². The summed E-state index contributed by atoms with van der Waals surface area (Å²) >= 11 is 0. The Bertz CT molecular complexity index is 2900. The maximum atomic E-state index is 2.48. The molecule has 0 saturated heterocycles. The zero-order chi connectivity index (χ0) is 35.5. The molecule has 0 heterocycles. The molecule has 248 valence electrons. The zero-order valence-corrected chi connectivity index (χ0v) is 30.0. The minimum atomic E-state index is 0.0292. The topological polar surface area (TPSA) is 0 Å². The van der Waals surface area contributed by atoms with Gasteiger partial charge in [0.15, 0.2) is 0 Å². The van der Waals surface area contributed by atoms with Gasteiger partial charge in [-0.3, -0.25) is 0 Å². The average molecular weight is 673 g/mol. The highest BCUT2D eigenvalue weighted by Gasteiger charge is 2.29. The first kappa shape index (κ1) is 31.3. The van der Waals surface area contributed by atoms with Crippen molar-refractivity contribution in [2.45, 2.75) is 13.8 Å². The van der Waals surface area contributed by atoms with E-state index in [2.05, 4.69) is 202 Å². The van der Waals surface area contributed by atoms with Crippen LogP contribution < -0.4 is 16.4 Å². The summed E-state index contributed by atoms with van der Waals surface area (Å²) < 4.78 is 0. The third-order valence-corrected chi connectivity index (χ3v) is 11.4. The van der Waals surface area contributed by atoms with Crippen LogP contribution in [-0.2, 0) is 0 Å². The van der Waals surface area contributed by atoms with Crippen molar-refractivity contribution in [3.63, 3.8) is 0 Å². The van der Waals surface area contributed by atoms with E-state index in [0.717, 1.165) is 0 Å². The van der Waals surface area contributed by atoms with Crippen molar-refractivity contribution in [3.05, 3.63) is 199 Å². The molecular formula is C52H37B. The smallest absolute Gasteiger partial charge is 0.0680 e. The number of rotatable bonds is 5. The van der Waals surface area contributed by atoms with Crippen LogP contribution in [0.1, 0.15) is 11.1 Å². The highest BCUT2D eigenvalue weighted by Crippen LogP contribution is 2.44. The third-order valence-electron chi connectivity index (χ3n) is 11.4. The summed E-state index contributed by atoms with van der Waals surface area (Å²) in [5, 5.41) is 12.8. The molecule has 0 nitrogen and oxygen atoms in total. The first-order valence-corrected chi connectivity index (χ1v) is 18.6. The fourth-order valence-corrected chi connectivity index (χ4v) is 9.02.